The molecule has 0 radical (unpaired) electrons. The summed E-state index contributed by atoms with van der Waals surface area (Å²) in [6.45, 7) is 3.23. The quantitative estimate of drug-likeness (QED) is 0.549. The second kappa shape index (κ2) is 7.46. The lowest BCUT2D eigenvalue weighted by Crippen LogP contribution is -2.38. The molecule has 4 aromatic rings. The van der Waals surface area contributed by atoms with Crippen LogP contribution in [0.15, 0.2) is 67.4 Å². The first-order chi connectivity index (χ1) is 13.9. The summed E-state index contributed by atoms with van der Waals surface area (Å²) in [5.41, 5.74) is 5.25. The molecule has 1 aliphatic heterocycles. The highest BCUT2D eigenvalue weighted by atomic mass is 16.5. The van der Waals surface area contributed by atoms with Gasteiger partial charge >= 0.3 is 0 Å². The van der Waals surface area contributed by atoms with Gasteiger partial charge in [0.2, 0.25) is 0 Å². The van der Waals surface area contributed by atoms with Gasteiger partial charge in [-0.15, -0.1) is 5.10 Å². The van der Waals surface area contributed by atoms with Crippen LogP contribution in [0.2, 0.25) is 0 Å². The van der Waals surface area contributed by atoms with Crippen molar-refractivity contribution in [3.05, 3.63) is 78.6 Å². The zero-order valence-electron chi connectivity index (χ0n) is 15.3. The van der Waals surface area contributed by atoms with Gasteiger partial charge in [-0.05, 0) is 35.4 Å². The van der Waals surface area contributed by atoms with Crippen molar-refractivity contribution >= 4 is 5.52 Å². The molecule has 0 spiro atoms. The van der Waals surface area contributed by atoms with E-state index in [1.54, 1.807) is 18.6 Å². The Morgan fingerprint density at radius 3 is 2.79 bits per heavy atom. The Labute approximate surface area is 162 Å². The third-order valence-electron chi connectivity index (χ3n) is 5.04. The third kappa shape index (κ3) is 3.37. The topological polar surface area (TPSA) is 68.4 Å². The van der Waals surface area contributed by atoms with E-state index in [1.165, 1.54) is 5.56 Å². The molecule has 0 aromatic carbocycles. The molecule has 0 bridgehead atoms. The van der Waals surface area contributed by atoms with Crippen LogP contribution in [-0.2, 0) is 11.3 Å². The number of rotatable bonds is 4. The van der Waals surface area contributed by atoms with E-state index in [2.05, 4.69) is 43.4 Å². The van der Waals surface area contributed by atoms with E-state index in [4.69, 9.17) is 4.74 Å². The first-order valence-electron chi connectivity index (χ1n) is 9.35. The number of aromatic nitrogens is 5. The molecule has 0 saturated carbocycles. The molecule has 0 unspecified atom stereocenters. The molecular formula is C21H20N6O. The van der Waals surface area contributed by atoms with Crippen molar-refractivity contribution in [1.29, 1.82) is 0 Å². The van der Waals surface area contributed by atoms with E-state index in [0.29, 0.717) is 6.61 Å². The van der Waals surface area contributed by atoms with Crippen LogP contribution in [0.3, 0.4) is 0 Å². The van der Waals surface area contributed by atoms with Crippen molar-refractivity contribution in [2.24, 2.45) is 0 Å². The number of hydrogen-bond donors (Lipinski definition) is 0. The van der Waals surface area contributed by atoms with Gasteiger partial charge in [-0.3, -0.25) is 14.9 Å². The summed E-state index contributed by atoms with van der Waals surface area (Å²) >= 11 is 0. The smallest absolute Gasteiger partial charge is 0.121 e. The lowest BCUT2D eigenvalue weighted by molar-refractivity contribution is -0.0343. The summed E-state index contributed by atoms with van der Waals surface area (Å²) in [5, 5.41) is 8.76. The molecule has 1 saturated heterocycles. The van der Waals surface area contributed by atoms with Gasteiger partial charge in [0, 0.05) is 56.2 Å². The van der Waals surface area contributed by atoms with Crippen molar-refractivity contribution in [2.45, 2.75) is 12.6 Å². The maximum absolute atomic E-state index is 6.03. The second-order valence-corrected chi connectivity index (χ2v) is 6.91. The predicted molar refractivity (Wildman–Crippen MR) is 104 cm³/mol. The summed E-state index contributed by atoms with van der Waals surface area (Å²) in [5.74, 6) is 0. The highest BCUT2D eigenvalue weighted by molar-refractivity contribution is 5.65. The lowest BCUT2D eigenvalue weighted by Gasteiger charge is -2.32. The molecule has 28 heavy (non-hydrogen) atoms. The summed E-state index contributed by atoms with van der Waals surface area (Å²) in [7, 11) is 0. The predicted octanol–water partition coefficient (Wildman–Crippen LogP) is 2.76. The fourth-order valence-electron chi connectivity index (χ4n) is 3.62. The Kier molecular flexibility index (Phi) is 4.52. The van der Waals surface area contributed by atoms with Crippen LogP contribution in [0.25, 0.3) is 16.6 Å². The summed E-state index contributed by atoms with van der Waals surface area (Å²) in [6, 6.07) is 12.2. The van der Waals surface area contributed by atoms with Crippen molar-refractivity contribution in [3.8, 4) is 11.1 Å². The normalized spacial score (nSPS) is 17.8. The monoisotopic (exact) mass is 372 g/mol. The number of morpholine rings is 1. The lowest BCUT2D eigenvalue weighted by atomic mass is 10.1. The molecule has 5 heterocycles. The Morgan fingerprint density at radius 1 is 1.00 bits per heavy atom. The molecule has 0 amide bonds. The standard InChI is InChI=1S/C21H20N6O/c1-2-16(12-23-7-1)13-26-10-11-28-20(15-26)21-19-4-3-18(14-27(19)25-24-21)17-5-8-22-9-6-17/h1-9,12,14,20H,10-11,13,15H2/t20-/m1/s1. The minimum Gasteiger partial charge on any atom is -0.369 e. The first-order valence-corrected chi connectivity index (χ1v) is 9.35. The number of nitrogens with zero attached hydrogens (tertiary/aromatic N) is 6. The Bertz CT molecular complexity index is 1070. The highest BCUT2D eigenvalue weighted by Gasteiger charge is 2.26. The van der Waals surface area contributed by atoms with Crippen LogP contribution in [-0.4, -0.2) is 49.4 Å². The van der Waals surface area contributed by atoms with Crippen LogP contribution in [0.4, 0.5) is 0 Å². The molecule has 1 atom stereocenters. The van der Waals surface area contributed by atoms with Gasteiger partial charge in [-0.25, -0.2) is 4.52 Å². The zero-order valence-corrected chi connectivity index (χ0v) is 15.3. The SMILES string of the molecule is c1cncc(CN2CCO[C@@H](c3nnn4cc(-c5ccncc5)ccc34)C2)c1. The van der Waals surface area contributed by atoms with Gasteiger partial charge in [-0.2, -0.15) is 0 Å². The van der Waals surface area contributed by atoms with Crippen molar-refractivity contribution in [3.63, 3.8) is 0 Å². The molecule has 1 fully saturated rings. The summed E-state index contributed by atoms with van der Waals surface area (Å²) in [4.78, 5) is 10.7. The van der Waals surface area contributed by atoms with Gasteiger partial charge in [0.25, 0.3) is 0 Å². The van der Waals surface area contributed by atoms with Gasteiger partial charge in [0.05, 0.1) is 12.1 Å². The summed E-state index contributed by atoms with van der Waals surface area (Å²) in [6.07, 6.45) is 9.21. The van der Waals surface area contributed by atoms with E-state index in [0.717, 1.165) is 42.0 Å². The fraction of sp³-hybridized carbons (Fsp3) is 0.238. The number of ether oxygens (including phenoxy) is 1. The minimum atomic E-state index is -0.0882. The average Bonchev–Trinajstić information content (AvgIpc) is 3.19. The van der Waals surface area contributed by atoms with Gasteiger partial charge in [0.1, 0.15) is 11.8 Å². The van der Waals surface area contributed by atoms with Gasteiger partial charge < -0.3 is 4.74 Å². The van der Waals surface area contributed by atoms with E-state index in [-0.39, 0.29) is 6.10 Å². The third-order valence-corrected chi connectivity index (χ3v) is 5.04. The molecular weight excluding hydrogens is 352 g/mol. The van der Waals surface area contributed by atoms with Gasteiger partial charge in [-0.1, -0.05) is 17.3 Å². The molecule has 140 valence electrons. The largest absolute Gasteiger partial charge is 0.369 e. The number of fused-ring (bicyclic) bond motifs is 1. The average molecular weight is 372 g/mol. The zero-order chi connectivity index (χ0) is 18.8. The summed E-state index contributed by atoms with van der Waals surface area (Å²) < 4.78 is 7.86. The molecule has 7 nitrogen and oxygen atoms in total. The molecule has 7 heteroatoms. The number of pyridine rings is 3. The maximum Gasteiger partial charge on any atom is 0.121 e. The molecule has 1 aliphatic rings. The minimum absolute atomic E-state index is 0.0882. The highest BCUT2D eigenvalue weighted by Crippen LogP contribution is 2.27. The second-order valence-electron chi connectivity index (χ2n) is 6.91. The van der Waals surface area contributed by atoms with Crippen molar-refractivity contribution in [1.82, 2.24) is 29.7 Å². The van der Waals surface area contributed by atoms with E-state index in [1.807, 2.05) is 35.1 Å². The Morgan fingerprint density at radius 2 is 1.93 bits per heavy atom. The van der Waals surface area contributed by atoms with Crippen molar-refractivity contribution in [2.75, 3.05) is 19.7 Å². The van der Waals surface area contributed by atoms with E-state index >= 15 is 0 Å². The molecule has 0 aliphatic carbocycles. The van der Waals surface area contributed by atoms with Crippen LogP contribution in [0.1, 0.15) is 17.4 Å². The van der Waals surface area contributed by atoms with E-state index < -0.39 is 0 Å². The fourth-order valence-corrected chi connectivity index (χ4v) is 3.62. The van der Waals surface area contributed by atoms with Crippen LogP contribution in [0.5, 0.6) is 0 Å². The van der Waals surface area contributed by atoms with Crippen LogP contribution < -0.4 is 0 Å². The maximum atomic E-state index is 6.03. The first kappa shape index (κ1) is 17.0. The van der Waals surface area contributed by atoms with Crippen molar-refractivity contribution < 1.29 is 4.74 Å². The molecule has 0 N–H and O–H groups in total. The van der Waals surface area contributed by atoms with Crippen LogP contribution in [0, 0.1) is 0 Å². The van der Waals surface area contributed by atoms with Gasteiger partial charge in [0.15, 0.2) is 0 Å². The molecule has 4 aromatic heterocycles. The Hall–Kier alpha value is -3.16. The Balaban J connectivity index is 1.38. The van der Waals surface area contributed by atoms with E-state index in [9.17, 15) is 0 Å². The number of hydrogen-bond acceptors (Lipinski definition) is 6. The molecule has 5 rings (SSSR count). The van der Waals surface area contributed by atoms with Crippen LogP contribution >= 0.6 is 0 Å².